The van der Waals surface area contributed by atoms with Gasteiger partial charge < -0.3 is 19.3 Å². The van der Waals surface area contributed by atoms with Crippen molar-refractivity contribution in [3.05, 3.63) is 59.9 Å². The fraction of sp³-hybridized carbons (Fsp3) is 0.536. The number of carbonyl (C=O) groups is 3. The Hall–Kier alpha value is -2.97. The highest BCUT2D eigenvalue weighted by Gasteiger charge is 2.48. The van der Waals surface area contributed by atoms with E-state index < -0.39 is 42.1 Å². The molecular weight excluding hydrogens is 462 g/mol. The molecule has 0 bridgehead atoms. The molecule has 2 aliphatic heterocycles. The standard InChI is InChI=1S/C28H37NO7/c1-20-24(21-14-10-9-11-15-21)36-28(33)29(20)27(32)26(34-2)25-23(31)18-17-22(35-25)16-12-7-5-3-4-6-8-13-19-30/h9-11,14-18,20,24-26,30H,3-8,12-13,19H2,1-2H3/t20-,24-,25-,26-/m0/s1. The minimum Gasteiger partial charge on any atom is -0.479 e. The van der Waals surface area contributed by atoms with Crippen molar-refractivity contribution in [2.45, 2.75) is 82.6 Å². The summed E-state index contributed by atoms with van der Waals surface area (Å²) in [5.41, 5.74) is 0.783. The van der Waals surface area contributed by atoms with Crippen molar-refractivity contribution in [1.82, 2.24) is 4.90 Å². The molecule has 3 rings (SSSR count). The molecule has 1 saturated heterocycles. The second-order valence-electron chi connectivity index (χ2n) is 9.19. The normalized spacial score (nSPS) is 23.6. The SMILES string of the molecule is CO[C@H](C(=O)N1C(=O)O[C@H](c2ccccc2)[C@@H]1C)[C@H]1OC(=CCCCCCCCCCO)C=CC1=O. The van der Waals surface area contributed by atoms with E-state index in [1.54, 1.807) is 13.0 Å². The number of benzene rings is 1. The number of aliphatic hydroxyl groups is 1. The molecule has 0 aromatic heterocycles. The van der Waals surface area contributed by atoms with Crippen molar-refractivity contribution in [3.8, 4) is 0 Å². The summed E-state index contributed by atoms with van der Waals surface area (Å²) in [7, 11) is 1.32. The van der Waals surface area contributed by atoms with Crippen LogP contribution >= 0.6 is 0 Å². The van der Waals surface area contributed by atoms with Gasteiger partial charge in [0.05, 0.1) is 6.04 Å². The first-order chi connectivity index (χ1) is 17.5. The molecular formula is C28H37NO7. The van der Waals surface area contributed by atoms with Crippen LogP contribution in [0.5, 0.6) is 0 Å². The van der Waals surface area contributed by atoms with Gasteiger partial charge in [0.25, 0.3) is 5.91 Å². The van der Waals surface area contributed by atoms with E-state index in [0.29, 0.717) is 5.76 Å². The maximum absolute atomic E-state index is 13.4. The first kappa shape index (κ1) is 27.6. The largest absolute Gasteiger partial charge is 0.479 e. The summed E-state index contributed by atoms with van der Waals surface area (Å²) in [5.74, 6) is -0.547. The van der Waals surface area contributed by atoms with Gasteiger partial charge in [-0.15, -0.1) is 0 Å². The zero-order valence-corrected chi connectivity index (χ0v) is 21.1. The van der Waals surface area contributed by atoms with Crippen LogP contribution in [0, 0.1) is 0 Å². The van der Waals surface area contributed by atoms with Crippen LogP contribution in [0.15, 0.2) is 54.3 Å². The predicted molar refractivity (Wildman–Crippen MR) is 134 cm³/mol. The zero-order valence-electron chi connectivity index (χ0n) is 21.1. The van der Waals surface area contributed by atoms with Crippen LogP contribution in [0.3, 0.4) is 0 Å². The monoisotopic (exact) mass is 499 g/mol. The van der Waals surface area contributed by atoms with Gasteiger partial charge >= 0.3 is 6.09 Å². The van der Waals surface area contributed by atoms with Gasteiger partial charge in [-0.3, -0.25) is 9.59 Å². The zero-order chi connectivity index (χ0) is 25.9. The lowest BCUT2D eigenvalue weighted by Gasteiger charge is -2.30. The maximum Gasteiger partial charge on any atom is 0.417 e. The Morgan fingerprint density at radius 3 is 2.36 bits per heavy atom. The number of hydrogen-bond donors (Lipinski definition) is 1. The number of unbranched alkanes of at least 4 members (excludes halogenated alkanes) is 7. The summed E-state index contributed by atoms with van der Waals surface area (Å²) >= 11 is 0. The van der Waals surface area contributed by atoms with Gasteiger partial charge in [0.15, 0.2) is 18.0 Å². The molecule has 0 saturated carbocycles. The highest BCUT2D eigenvalue weighted by atomic mass is 16.6. The van der Waals surface area contributed by atoms with E-state index in [0.717, 1.165) is 61.8 Å². The smallest absolute Gasteiger partial charge is 0.417 e. The summed E-state index contributed by atoms with van der Waals surface area (Å²) < 4.78 is 16.7. The van der Waals surface area contributed by atoms with Crippen LogP contribution in [0.4, 0.5) is 4.79 Å². The second kappa shape index (κ2) is 13.9. The maximum atomic E-state index is 13.4. The third kappa shape index (κ3) is 7.04. The summed E-state index contributed by atoms with van der Waals surface area (Å²) in [5, 5.41) is 8.82. The van der Waals surface area contributed by atoms with Crippen molar-refractivity contribution < 1.29 is 33.7 Å². The predicted octanol–water partition coefficient (Wildman–Crippen LogP) is 4.63. The van der Waals surface area contributed by atoms with Crippen molar-refractivity contribution in [3.63, 3.8) is 0 Å². The lowest BCUT2D eigenvalue weighted by Crippen LogP contribution is -2.52. The summed E-state index contributed by atoms with van der Waals surface area (Å²) in [6, 6.07) is 8.64. The van der Waals surface area contributed by atoms with Gasteiger partial charge in [-0.05, 0) is 50.0 Å². The highest BCUT2D eigenvalue weighted by Crippen LogP contribution is 2.33. The van der Waals surface area contributed by atoms with E-state index in [-0.39, 0.29) is 6.61 Å². The Bertz CT molecular complexity index is 942. The molecule has 1 fully saturated rings. The van der Waals surface area contributed by atoms with Gasteiger partial charge in [-0.1, -0.05) is 62.4 Å². The van der Waals surface area contributed by atoms with Crippen molar-refractivity contribution in [2.75, 3.05) is 13.7 Å². The van der Waals surface area contributed by atoms with E-state index in [1.807, 2.05) is 36.4 Å². The van der Waals surface area contributed by atoms with Crippen molar-refractivity contribution >= 4 is 17.8 Å². The molecule has 2 aliphatic rings. The van der Waals surface area contributed by atoms with Crippen LogP contribution in [0.2, 0.25) is 0 Å². The number of aliphatic hydroxyl groups excluding tert-OH is 1. The summed E-state index contributed by atoms with van der Waals surface area (Å²) in [6.07, 6.45) is 9.30. The van der Waals surface area contributed by atoms with E-state index in [1.165, 1.54) is 13.2 Å². The van der Waals surface area contributed by atoms with E-state index in [9.17, 15) is 14.4 Å². The molecule has 4 atom stereocenters. The molecule has 0 aliphatic carbocycles. The van der Waals surface area contributed by atoms with Crippen LogP contribution in [0.1, 0.15) is 70.0 Å². The molecule has 1 N–H and O–H groups in total. The number of imide groups is 1. The molecule has 0 radical (unpaired) electrons. The number of methoxy groups -OCH3 is 1. The van der Waals surface area contributed by atoms with E-state index in [2.05, 4.69) is 0 Å². The topological polar surface area (TPSA) is 102 Å². The number of cyclic esters (lactones) is 1. The lowest BCUT2D eigenvalue weighted by atomic mass is 10.0. The third-order valence-corrected chi connectivity index (χ3v) is 6.57. The number of allylic oxidation sites excluding steroid dienone is 2. The van der Waals surface area contributed by atoms with E-state index >= 15 is 0 Å². The van der Waals surface area contributed by atoms with Gasteiger partial charge in [-0.2, -0.15) is 0 Å². The Balaban J connectivity index is 1.57. The number of ether oxygens (including phenoxy) is 3. The molecule has 1 aromatic rings. The molecule has 36 heavy (non-hydrogen) atoms. The highest BCUT2D eigenvalue weighted by molar-refractivity contribution is 6.03. The minimum atomic E-state index is -1.28. The number of hydrogen-bond acceptors (Lipinski definition) is 7. The van der Waals surface area contributed by atoms with Gasteiger partial charge in [0, 0.05) is 13.7 Å². The first-order valence-corrected chi connectivity index (χ1v) is 12.8. The third-order valence-electron chi connectivity index (χ3n) is 6.57. The minimum absolute atomic E-state index is 0.259. The quantitative estimate of drug-likeness (QED) is 0.395. The van der Waals surface area contributed by atoms with Crippen molar-refractivity contribution in [2.24, 2.45) is 0 Å². The average Bonchev–Trinajstić information content (AvgIpc) is 3.19. The number of ketones is 1. The lowest BCUT2D eigenvalue weighted by molar-refractivity contribution is -0.153. The molecule has 8 nitrogen and oxygen atoms in total. The number of nitrogens with zero attached hydrogens (tertiary/aromatic N) is 1. The molecule has 0 unspecified atom stereocenters. The fourth-order valence-corrected chi connectivity index (χ4v) is 4.55. The molecule has 196 valence electrons. The molecule has 1 aromatic carbocycles. The van der Waals surface area contributed by atoms with Gasteiger partial charge in [0.1, 0.15) is 11.9 Å². The Kier molecular flexibility index (Phi) is 10.7. The van der Waals surface area contributed by atoms with Gasteiger partial charge in [-0.25, -0.2) is 9.69 Å². The van der Waals surface area contributed by atoms with E-state index in [4.69, 9.17) is 19.3 Å². The van der Waals surface area contributed by atoms with Crippen LogP contribution in [-0.2, 0) is 23.8 Å². The van der Waals surface area contributed by atoms with Gasteiger partial charge in [0.2, 0.25) is 0 Å². The Labute approximate surface area is 212 Å². The fourth-order valence-electron chi connectivity index (χ4n) is 4.55. The molecule has 2 amide bonds. The molecule has 0 spiro atoms. The summed E-state index contributed by atoms with van der Waals surface area (Å²) in [4.78, 5) is 39.6. The van der Waals surface area contributed by atoms with Crippen LogP contribution in [0.25, 0.3) is 0 Å². The molecule has 8 heteroatoms. The number of amides is 2. The summed E-state index contributed by atoms with van der Waals surface area (Å²) in [6.45, 7) is 1.99. The van der Waals surface area contributed by atoms with Crippen LogP contribution in [-0.4, -0.2) is 59.8 Å². The number of carbonyl (C=O) groups excluding carboxylic acids is 3. The van der Waals surface area contributed by atoms with Crippen molar-refractivity contribution in [1.29, 1.82) is 0 Å². The second-order valence-corrected chi connectivity index (χ2v) is 9.19. The Morgan fingerprint density at radius 2 is 1.69 bits per heavy atom. The molecule has 2 heterocycles. The average molecular weight is 500 g/mol. The first-order valence-electron chi connectivity index (χ1n) is 12.8. The number of rotatable bonds is 13. The van der Waals surface area contributed by atoms with Crippen LogP contribution < -0.4 is 0 Å². The Morgan fingerprint density at radius 1 is 1.03 bits per heavy atom.